The molecule has 1 aromatic carbocycles. The molecule has 1 saturated carbocycles. The molecule has 0 spiro atoms. The quantitative estimate of drug-likeness (QED) is 0.835. The SMILES string of the molecule is CCOc1cc(CNC2CC2)cc(Br)c1OCC. The molecule has 1 aliphatic rings. The summed E-state index contributed by atoms with van der Waals surface area (Å²) in [5.74, 6) is 1.62. The Labute approximate surface area is 117 Å². The minimum Gasteiger partial charge on any atom is -0.490 e. The van der Waals surface area contributed by atoms with E-state index in [1.807, 2.05) is 13.8 Å². The van der Waals surface area contributed by atoms with Crippen LogP contribution in [0.1, 0.15) is 32.3 Å². The monoisotopic (exact) mass is 313 g/mol. The summed E-state index contributed by atoms with van der Waals surface area (Å²) < 4.78 is 12.2. The van der Waals surface area contributed by atoms with Gasteiger partial charge in [-0.2, -0.15) is 0 Å². The Morgan fingerprint density at radius 3 is 2.56 bits per heavy atom. The first-order valence-electron chi connectivity index (χ1n) is 6.56. The van der Waals surface area contributed by atoms with E-state index in [2.05, 4.69) is 33.4 Å². The Kier molecular flexibility index (Phi) is 4.89. The molecule has 0 bridgehead atoms. The van der Waals surface area contributed by atoms with E-state index in [4.69, 9.17) is 9.47 Å². The molecule has 4 heteroatoms. The van der Waals surface area contributed by atoms with E-state index in [1.165, 1.54) is 18.4 Å². The maximum Gasteiger partial charge on any atom is 0.175 e. The average Bonchev–Trinajstić information content (AvgIpc) is 3.15. The summed E-state index contributed by atoms with van der Waals surface area (Å²) in [7, 11) is 0. The van der Waals surface area contributed by atoms with Crippen LogP contribution >= 0.6 is 15.9 Å². The van der Waals surface area contributed by atoms with Crippen molar-refractivity contribution < 1.29 is 9.47 Å². The molecule has 1 aromatic rings. The van der Waals surface area contributed by atoms with Gasteiger partial charge in [0.15, 0.2) is 11.5 Å². The molecular formula is C14H20BrNO2. The summed E-state index contributed by atoms with van der Waals surface area (Å²) in [6, 6.07) is 4.88. The molecule has 2 rings (SSSR count). The van der Waals surface area contributed by atoms with Gasteiger partial charge in [0.05, 0.1) is 17.7 Å². The van der Waals surface area contributed by atoms with Crippen molar-refractivity contribution in [3.05, 3.63) is 22.2 Å². The lowest BCUT2D eigenvalue weighted by Gasteiger charge is -2.14. The fourth-order valence-corrected chi connectivity index (χ4v) is 2.42. The fraction of sp³-hybridized carbons (Fsp3) is 0.571. The summed E-state index contributed by atoms with van der Waals surface area (Å²) in [5.41, 5.74) is 1.22. The first-order chi connectivity index (χ1) is 8.74. The third kappa shape index (κ3) is 3.62. The van der Waals surface area contributed by atoms with Crippen molar-refractivity contribution in [2.24, 2.45) is 0 Å². The Morgan fingerprint density at radius 2 is 1.94 bits per heavy atom. The Balaban J connectivity index is 2.14. The van der Waals surface area contributed by atoms with Crippen LogP contribution in [0, 0.1) is 0 Å². The highest BCUT2D eigenvalue weighted by atomic mass is 79.9. The largest absolute Gasteiger partial charge is 0.490 e. The minimum absolute atomic E-state index is 0.637. The van der Waals surface area contributed by atoms with E-state index >= 15 is 0 Å². The highest BCUT2D eigenvalue weighted by Gasteiger charge is 2.20. The third-order valence-electron chi connectivity index (χ3n) is 2.83. The van der Waals surface area contributed by atoms with Crippen molar-refractivity contribution in [2.45, 2.75) is 39.3 Å². The second kappa shape index (κ2) is 6.43. The van der Waals surface area contributed by atoms with Crippen molar-refractivity contribution in [1.29, 1.82) is 0 Å². The van der Waals surface area contributed by atoms with Gasteiger partial charge in [-0.1, -0.05) is 0 Å². The van der Waals surface area contributed by atoms with Crippen LogP contribution in [0.4, 0.5) is 0 Å². The van der Waals surface area contributed by atoms with Gasteiger partial charge in [0.25, 0.3) is 0 Å². The zero-order valence-electron chi connectivity index (χ0n) is 11.0. The molecule has 0 amide bonds. The first-order valence-corrected chi connectivity index (χ1v) is 7.35. The van der Waals surface area contributed by atoms with Crippen molar-refractivity contribution in [3.63, 3.8) is 0 Å². The normalized spacial score (nSPS) is 14.6. The molecule has 0 saturated heterocycles. The molecule has 0 atom stereocenters. The van der Waals surface area contributed by atoms with E-state index < -0.39 is 0 Å². The topological polar surface area (TPSA) is 30.5 Å². The van der Waals surface area contributed by atoms with Gasteiger partial charge in [0.2, 0.25) is 0 Å². The Morgan fingerprint density at radius 1 is 1.22 bits per heavy atom. The fourth-order valence-electron chi connectivity index (χ4n) is 1.82. The predicted molar refractivity (Wildman–Crippen MR) is 76.3 cm³/mol. The lowest BCUT2D eigenvalue weighted by Crippen LogP contribution is -2.15. The standard InChI is InChI=1S/C14H20BrNO2/c1-3-17-13-8-10(9-16-11-5-6-11)7-12(15)14(13)18-4-2/h7-8,11,16H,3-6,9H2,1-2H3. The molecule has 0 aromatic heterocycles. The average molecular weight is 314 g/mol. The van der Waals surface area contributed by atoms with Crippen molar-refractivity contribution in [1.82, 2.24) is 5.32 Å². The van der Waals surface area contributed by atoms with Gasteiger partial charge in [-0.05, 0) is 60.3 Å². The predicted octanol–water partition coefficient (Wildman–Crippen LogP) is 3.50. The molecule has 0 heterocycles. The number of ether oxygens (including phenoxy) is 2. The maximum absolute atomic E-state index is 5.65. The van der Waals surface area contributed by atoms with Crippen molar-refractivity contribution in [2.75, 3.05) is 13.2 Å². The molecule has 3 nitrogen and oxygen atoms in total. The van der Waals surface area contributed by atoms with Crippen molar-refractivity contribution in [3.8, 4) is 11.5 Å². The van der Waals surface area contributed by atoms with Gasteiger partial charge in [0.1, 0.15) is 0 Å². The smallest absolute Gasteiger partial charge is 0.175 e. The van der Waals surface area contributed by atoms with Gasteiger partial charge in [-0.15, -0.1) is 0 Å². The molecule has 0 radical (unpaired) electrons. The maximum atomic E-state index is 5.65. The van der Waals surface area contributed by atoms with Crippen LogP contribution in [0.15, 0.2) is 16.6 Å². The van der Waals surface area contributed by atoms with Gasteiger partial charge >= 0.3 is 0 Å². The minimum atomic E-state index is 0.637. The summed E-state index contributed by atoms with van der Waals surface area (Å²) in [5, 5.41) is 3.50. The molecular weight excluding hydrogens is 294 g/mol. The lowest BCUT2D eigenvalue weighted by atomic mass is 10.2. The molecule has 1 fully saturated rings. The van der Waals surface area contributed by atoms with E-state index in [0.717, 1.165) is 22.5 Å². The summed E-state index contributed by atoms with van der Waals surface area (Å²) in [4.78, 5) is 0. The second-order valence-electron chi connectivity index (χ2n) is 4.43. The number of hydrogen-bond donors (Lipinski definition) is 1. The van der Waals surface area contributed by atoms with Crippen LogP contribution in [0.2, 0.25) is 0 Å². The molecule has 0 unspecified atom stereocenters. The lowest BCUT2D eigenvalue weighted by molar-refractivity contribution is 0.286. The second-order valence-corrected chi connectivity index (χ2v) is 5.28. The van der Waals surface area contributed by atoms with Crippen LogP contribution in [0.3, 0.4) is 0 Å². The number of rotatable bonds is 7. The highest BCUT2D eigenvalue weighted by Crippen LogP contribution is 2.37. The van der Waals surface area contributed by atoms with E-state index in [-0.39, 0.29) is 0 Å². The molecule has 0 aliphatic heterocycles. The van der Waals surface area contributed by atoms with Crippen LogP contribution in [0.5, 0.6) is 11.5 Å². The van der Waals surface area contributed by atoms with Crippen LogP contribution in [0.25, 0.3) is 0 Å². The molecule has 18 heavy (non-hydrogen) atoms. The van der Waals surface area contributed by atoms with Crippen LogP contribution in [-0.4, -0.2) is 19.3 Å². The number of benzene rings is 1. The first kappa shape index (κ1) is 13.7. The van der Waals surface area contributed by atoms with Gasteiger partial charge in [-0.25, -0.2) is 0 Å². The van der Waals surface area contributed by atoms with E-state index in [0.29, 0.717) is 19.3 Å². The van der Waals surface area contributed by atoms with E-state index in [9.17, 15) is 0 Å². The number of hydrogen-bond acceptors (Lipinski definition) is 3. The Bertz CT molecular complexity index is 405. The van der Waals surface area contributed by atoms with Gasteiger partial charge in [-0.3, -0.25) is 0 Å². The van der Waals surface area contributed by atoms with Crippen LogP contribution < -0.4 is 14.8 Å². The number of nitrogens with one attached hydrogen (secondary N) is 1. The highest BCUT2D eigenvalue weighted by molar-refractivity contribution is 9.10. The molecule has 1 N–H and O–H groups in total. The Hall–Kier alpha value is -0.740. The zero-order chi connectivity index (χ0) is 13.0. The van der Waals surface area contributed by atoms with Gasteiger partial charge in [0, 0.05) is 12.6 Å². The van der Waals surface area contributed by atoms with Crippen molar-refractivity contribution >= 4 is 15.9 Å². The number of halogens is 1. The summed E-state index contributed by atoms with van der Waals surface area (Å²) in [6.07, 6.45) is 2.60. The zero-order valence-corrected chi connectivity index (χ0v) is 12.5. The third-order valence-corrected chi connectivity index (χ3v) is 3.42. The molecule has 100 valence electrons. The summed E-state index contributed by atoms with van der Waals surface area (Å²) >= 11 is 3.56. The van der Waals surface area contributed by atoms with E-state index in [1.54, 1.807) is 0 Å². The summed E-state index contributed by atoms with van der Waals surface area (Å²) in [6.45, 7) is 6.13. The molecule has 1 aliphatic carbocycles. The van der Waals surface area contributed by atoms with Gasteiger partial charge < -0.3 is 14.8 Å². The van der Waals surface area contributed by atoms with Crippen LogP contribution in [-0.2, 0) is 6.54 Å².